The van der Waals surface area contributed by atoms with E-state index in [2.05, 4.69) is 0 Å². The van der Waals surface area contributed by atoms with Gasteiger partial charge in [0.1, 0.15) is 10.7 Å². The molecule has 1 aromatic rings. The van der Waals surface area contributed by atoms with Crippen LogP contribution in [0.4, 0.5) is 0 Å². The number of thiocarbonyl (C=S) groups is 1. The molecule has 0 saturated carbocycles. The lowest BCUT2D eigenvalue weighted by atomic mass is 10.1. The average molecular weight is 283 g/mol. The van der Waals surface area contributed by atoms with Crippen molar-refractivity contribution in [3.63, 3.8) is 0 Å². The normalized spacial score (nSPS) is 10.4. The van der Waals surface area contributed by atoms with Gasteiger partial charge in [-0.1, -0.05) is 12.2 Å². The molecule has 0 bridgehead atoms. The van der Waals surface area contributed by atoms with E-state index in [4.69, 9.17) is 32.2 Å². The van der Waals surface area contributed by atoms with Crippen LogP contribution >= 0.6 is 12.2 Å². The molecule has 0 radical (unpaired) electrons. The van der Waals surface area contributed by atoms with Gasteiger partial charge in [0.25, 0.3) is 0 Å². The third kappa shape index (κ3) is 6.00. The molecule has 0 unspecified atom stereocenters. The number of benzene rings is 1. The summed E-state index contributed by atoms with van der Waals surface area (Å²) in [4.78, 5) is 0.413. The fourth-order valence-corrected chi connectivity index (χ4v) is 1.83. The molecule has 0 saturated heterocycles. The summed E-state index contributed by atoms with van der Waals surface area (Å²) in [7, 11) is 1.66. The monoisotopic (exact) mass is 283 g/mol. The van der Waals surface area contributed by atoms with E-state index >= 15 is 0 Å². The molecular formula is C14H21NO3S. The Labute approximate surface area is 119 Å². The molecule has 0 aliphatic carbocycles. The second-order valence-corrected chi connectivity index (χ2v) is 4.59. The van der Waals surface area contributed by atoms with E-state index in [1.54, 1.807) is 7.11 Å². The molecule has 4 nitrogen and oxygen atoms in total. The van der Waals surface area contributed by atoms with Crippen LogP contribution in [0.2, 0.25) is 0 Å². The van der Waals surface area contributed by atoms with E-state index in [0.29, 0.717) is 31.4 Å². The van der Waals surface area contributed by atoms with Crippen molar-refractivity contribution >= 4 is 17.2 Å². The van der Waals surface area contributed by atoms with Crippen molar-refractivity contribution in [3.05, 3.63) is 29.3 Å². The van der Waals surface area contributed by atoms with Gasteiger partial charge in [0.15, 0.2) is 0 Å². The topological polar surface area (TPSA) is 53.7 Å². The number of hydrogen-bond donors (Lipinski definition) is 1. The summed E-state index contributed by atoms with van der Waals surface area (Å²) in [6.45, 7) is 4.51. The van der Waals surface area contributed by atoms with Crippen LogP contribution < -0.4 is 10.5 Å². The average Bonchev–Trinajstić information content (AvgIpc) is 2.37. The van der Waals surface area contributed by atoms with Gasteiger partial charge in [-0.05, 0) is 30.7 Å². The first-order chi connectivity index (χ1) is 9.15. The molecule has 19 heavy (non-hydrogen) atoms. The number of aryl methyl sites for hydroxylation is 1. The van der Waals surface area contributed by atoms with E-state index in [0.717, 1.165) is 23.3 Å². The molecule has 0 fully saturated rings. The van der Waals surface area contributed by atoms with Gasteiger partial charge in [-0.2, -0.15) is 0 Å². The van der Waals surface area contributed by atoms with E-state index in [1.165, 1.54) is 0 Å². The molecule has 0 spiro atoms. The SMILES string of the molecule is COCCOCCCOc1ccc(C(N)=S)c(C)c1. The van der Waals surface area contributed by atoms with Crippen molar-refractivity contribution in [1.29, 1.82) is 0 Å². The van der Waals surface area contributed by atoms with Gasteiger partial charge >= 0.3 is 0 Å². The minimum atomic E-state index is 0.413. The zero-order valence-corrected chi connectivity index (χ0v) is 12.3. The molecule has 5 heteroatoms. The van der Waals surface area contributed by atoms with E-state index in [1.807, 2.05) is 25.1 Å². The molecular weight excluding hydrogens is 262 g/mol. The molecule has 0 aliphatic heterocycles. The molecule has 0 atom stereocenters. The Morgan fingerprint density at radius 3 is 2.63 bits per heavy atom. The zero-order chi connectivity index (χ0) is 14.1. The highest BCUT2D eigenvalue weighted by Gasteiger charge is 2.03. The summed E-state index contributed by atoms with van der Waals surface area (Å²) in [5.41, 5.74) is 7.53. The Bertz CT molecular complexity index is 410. The lowest BCUT2D eigenvalue weighted by Gasteiger charge is -2.09. The van der Waals surface area contributed by atoms with Gasteiger partial charge in [-0.3, -0.25) is 0 Å². The van der Waals surface area contributed by atoms with Crippen LogP contribution in [-0.2, 0) is 9.47 Å². The van der Waals surface area contributed by atoms with Crippen molar-refractivity contribution in [1.82, 2.24) is 0 Å². The van der Waals surface area contributed by atoms with Gasteiger partial charge in [0.05, 0.1) is 19.8 Å². The summed E-state index contributed by atoms with van der Waals surface area (Å²) in [5.74, 6) is 0.828. The quantitative estimate of drug-likeness (QED) is 0.555. The van der Waals surface area contributed by atoms with E-state index in [9.17, 15) is 0 Å². The molecule has 2 N–H and O–H groups in total. The lowest BCUT2D eigenvalue weighted by molar-refractivity contribution is 0.0644. The van der Waals surface area contributed by atoms with Crippen LogP contribution in [0.3, 0.4) is 0 Å². The molecule has 106 valence electrons. The number of nitrogens with two attached hydrogens (primary N) is 1. The maximum atomic E-state index is 5.63. The lowest BCUT2D eigenvalue weighted by Crippen LogP contribution is -2.11. The first kappa shape index (κ1) is 15.9. The van der Waals surface area contributed by atoms with Crippen LogP contribution in [0.15, 0.2) is 18.2 Å². The summed E-state index contributed by atoms with van der Waals surface area (Å²) in [6.07, 6.45) is 0.847. The van der Waals surface area contributed by atoms with Crippen molar-refractivity contribution in [2.75, 3.05) is 33.5 Å². The van der Waals surface area contributed by atoms with Gasteiger partial charge in [-0.15, -0.1) is 0 Å². The molecule has 0 aromatic heterocycles. The maximum Gasteiger partial charge on any atom is 0.119 e. The van der Waals surface area contributed by atoms with Crippen molar-refractivity contribution in [2.24, 2.45) is 5.73 Å². The second-order valence-electron chi connectivity index (χ2n) is 4.15. The summed E-state index contributed by atoms with van der Waals surface area (Å²) < 4.78 is 15.9. The third-order valence-corrected chi connectivity index (χ3v) is 2.82. The van der Waals surface area contributed by atoms with Crippen LogP contribution in [0.25, 0.3) is 0 Å². The Balaban J connectivity index is 2.26. The fraction of sp³-hybridized carbons (Fsp3) is 0.500. The van der Waals surface area contributed by atoms with Crippen molar-refractivity contribution < 1.29 is 14.2 Å². The highest BCUT2D eigenvalue weighted by atomic mass is 32.1. The van der Waals surface area contributed by atoms with Crippen LogP contribution in [0, 0.1) is 6.92 Å². The maximum absolute atomic E-state index is 5.63. The first-order valence-corrected chi connectivity index (χ1v) is 6.66. The number of rotatable bonds is 9. The molecule has 1 rings (SSSR count). The second kappa shape index (κ2) is 8.85. The van der Waals surface area contributed by atoms with Gasteiger partial charge in [0.2, 0.25) is 0 Å². The number of ether oxygens (including phenoxy) is 3. The Hall–Kier alpha value is -1.17. The third-order valence-electron chi connectivity index (χ3n) is 2.60. The van der Waals surface area contributed by atoms with Crippen LogP contribution in [0.5, 0.6) is 5.75 Å². The summed E-state index contributed by atoms with van der Waals surface area (Å²) >= 11 is 4.96. The summed E-state index contributed by atoms with van der Waals surface area (Å²) in [5, 5.41) is 0. The Kier molecular flexibility index (Phi) is 7.40. The number of hydrogen-bond acceptors (Lipinski definition) is 4. The van der Waals surface area contributed by atoms with E-state index < -0.39 is 0 Å². The molecule has 0 heterocycles. The van der Waals surface area contributed by atoms with Crippen molar-refractivity contribution in [3.8, 4) is 5.75 Å². The van der Waals surface area contributed by atoms with E-state index in [-0.39, 0.29) is 0 Å². The first-order valence-electron chi connectivity index (χ1n) is 6.25. The smallest absolute Gasteiger partial charge is 0.119 e. The Morgan fingerprint density at radius 2 is 2.00 bits per heavy atom. The standard InChI is InChI=1S/C14H21NO3S/c1-11-10-12(4-5-13(11)14(15)19)18-7-3-6-17-9-8-16-2/h4-5,10H,3,6-9H2,1-2H3,(H2,15,19). The largest absolute Gasteiger partial charge is 0.493 e. The number of methoxy groups -OCH3 is 1. The van der Waals surface area contributed by atoms with Gasteiger partial charge in [0, 0.05) is 25.7 Å². The van der Waals surface area contributed by atoms with Crippen molar-refractivity contribution in [2.45, 2.75) is 13.3 Å². The van der Waals surface area contributed by atoms with Gasteiger partial charge in [-0.25, -0.2) is 0 Å². The minimum absolute atomic E-state index is 0.413. The van der Waals surface area contributed by atoms with Gasteiger partial charge < -0.3 is 19.9 Å². The Morgan fingerprint density at radius 1 is 1.21 bits per heavy atom. The van der Waals surface area contributed by atoms with Crippen LogP contribution in [0.1, 0.15) is 17.5 Å². The van der Waals surface area contributed by atoms with Crippen LogP contribution in [-0.4, -0.2) is 38.5 Å². The fourth-order valence-electron chi connectivity index (χ4n) is 1.60. The zero-order valence-electron chi connectivity index (χ0n) is 11.5. The molecule has 0 amide bonds. The predicted molar refractivity (Wildman–Crippen MR) is 79.9 cm³/mol. The molecule has 1 aromatic carbocycles. The highest BCUT2D eigenvalue weighted by molar-refractivity contribution is 7.80. The summed E-state index contributed by atoms with van der Waals surface area (Å²) in [6, 6.07) is 5.72. The molecule has 0 aliphatic rings. The predicted octanol–water partition coefficient (Wildman–Crippen LogP) is 2.06. The minimum Gasteiger partial charge on any atom is -0.493 e. The highest BCUT2D eigenvalue weighted by Crippen LogP contribution is 2.17.